The van der Waals surface area contributed by atoms with E-state index in [-0.39, 0.29) is 6.61 Å². The van der Waals surface area contributed by atoms with Crippen LogP contribution in [-0.4, -0.2) is 16.7 Å². The Balaban J connectivity index is 2.58. The summed E-state index contributed by atoms with van der Waals surface area (Å²) in [4.78, 5) is 4.50. The zero-order valence-electron chi connectivity index (χ0n) is 8.20. The van der Waals surface area contributed by atoms with Crippen molar-refractivity contribution in [2.75, 3.05) is 6.61 Å². The summed E-state index contributed by atoms with van der Waals surface area (Å²) < 4.78 is 0. The predicted octanol–water partition coefficient (Wildman–Crippen LogP) is 2.08. The van der Waals surface area contributed by atoms with Gasteiger partial charge in [0, 0.05) is 24.1 Å². The topological polar surface area (TPSA) is 33.1 Å². The summed E-state index contributed by atoms with van der Waals surface area (Å²) in [5.41, 5.74) is 3.18. The van der Waals surface area contributed by atoms with E-state index in [1.54, 1.807) is 0 Å². The van der Waals surface area contributed by atoms with Crippen molar-refractivity contribution in [2.24, 2.45) is 0 Å². The quantitative estimate of drug-likeness (QED) is 0.780. The lowest BCUT2D eigenvalue weighted by Gasteiger charge is -2.03. The van der Waals surface area contributed by atoms with Gasteiger partial charge in [-0.15, -0.1) is 0 Å². The molecule has 0 aliphatic heterocycles. The van der Waals surface area contributed by atoms with Gasteiger partial charge in [0.1, 0.15) is 0 Å². The van der Waals surface area contributed by atoms with E-state index in [1.165, 1.54) is 5.56 Å². The van der Waals surface area contributed by atoms with Crippen LogP contribution in [0.5, 0.6) is 0 Å². The Morgan fingerprint density at radius 2 is 2.07 bits per heavy atom. The Hall–Kier alpha value is -1.41. The molecule has 2 heteroatoms. The van der Waals surface area contributed by atoms with Gasteiger partial charge in [0.2, 0.25) is 0 Å². The molecule has 0 saturated heterocycles. The van der Waals surface area contributed by atoms with Crippen molar-refractivity contribution in [3.8, 4) is 0 Å². The molecular formula is C12H13NO. The van der Waals surface area contributed by atoms with Gasteiger partial charge >= 0.3 is 0 Å². The molecule has 0 radical (unpaired) electrons. The van der Waals surface area contributed by atoms with E-state index in [1.807, 2.05) is 12.1 Å². The maximum atomic E-state index is 8.82. The van der Waals surface area contributed by atoms with Gasteiger partial charge in [-0.2, -0.15) is 0 Å². The van der Waals surface area contributed by atoms with E-state index in [0.29, 0.717) is 6.42 Å². The van der Waals surface area contributed by atoms with Crippen molar-refractivity contribution in [1.29, 1.82) is 0 Å². The highest BCUT2D eigenvalue weighted by molar-refractivity contribution is 5.81. The summed E-state index contributed by atoms with van der Waals surface area (Å²) in [5.74, 6) is 0. The standard InChI is InChI=1S/C12H13NO/c1-9-3-2-4-10-5-6-11(7-8-14)13-12(9)10/h2-6,14H,7-8H2,1H3. The average molecular weight is 187 g/mol. The van der Waals surface area contributed by atoms with Gasteiger partial charge in [0.15, 0.2) is 0 Å². The second kappa shape index (κ2) is 3.76. The molecule has 1 aromatic carbocycles. The van der Waals surface area contributed by atoms with Crippen LogP contribution in [0.3, 0.4) is 0 Å². The minimum Gasteiger partial charge on any atom is -0.396 e. The molecule has 1 heterocycles. The molecule has 0 fully saturated rings. The molecule has 2 rings (SSSR count). The molecule has 2 nitrogen and oxygen atoms in total. The number of aliphatic hydroxyl groups excluding tert-OH is 1. The molecule has 14 heavy (non-hydrogen) atoms. The molecule has 0 bridgehead atoms. The predicted molar refractivity (Wildman–Crippen MR) is 57.3 cm³/mol. The molecular weight excluding hydrogens is 174 g/mol. The number of aryl methyl sites for hydroxylation is 1. The molecule has 0 spiro atoms. The third kappa shape index (κ3) is 1.61. The fourth-order valence-corrected chi connectivity index (χ4v) is 1.59. The van der Waals surface area contributed by atoms with Crippen molar-refractivity contribution < 1.29 is 5.11 Å². The minimum absolute atomic E-state index is 0.157. The Bertz CT molecular complexity index is 451. The van der Waals surface area contributed by atoms with Crippen LogP contribution < -0.4 is 0 Å². The van der Waals surface area contributed by atoms with Gasteiger partial charge in [-0.25, -0.2) is 0 Å². The Kier molecular flexibility index (Phi) is 2.46. The monoisotopic (exact) mass is 187 g/mol. The van der Waals surface area contributed by atoms with E-state index in [4.69, 9.17) is 5.11 Å². The van der Waals surface area contributed by atoms with E-state index in [2.05, 4.69) is 30.1 Å². The van der Waals surface area contributed by atoms with Crippen LogP contribution in [0.1, 0.15) is 11.3 Å². The first-order chi connectivity index (χ1) is 6.81. The summed E-state index contributed by atoms with van der Waals surface area (Å²) in [6.45, 7) is 2.21. The Morgan fingerprint density at radius 3 is 2.86 bits per heavy atom. The molecule has 2 aromatic rings. The third-order valence-electron chi connectivity index (χ3n) is 2.35. The van der Waals surface area contributed by atoms with Gasteiger partial charge in [-0.3, -0.25) is 4.98 Å². The molecule has 0 unspecified atom stereocenters. The van der Waals surface area contributed by atoms with Crippen LogP contribution in [0.4, 0.5) is 0 Å². The lowest BCUT2D eigenvalue weighted by Crippen LogP contribution is -1.95. The summed E-state index contributed by atoms with van der Waals surface area (Å²) in [7, 11) is 0. The molecule has 0 amide bonds. The lowest BCUT2D eigenvalue weighted by molar-refractivity contribution is 0.298. The van der Waals surface area contributed by atoms with E-state index >= 15 is 0 Å². The Labute approximate surface area is 83.2 Å². The normalized spacial score (nSPS) is 10.7. The highest BCUT2D eigenvalue weighted by Crippen LogP contribution is 2.16. The van der Waals surface area contributed by atoms with Crippen LogP contribution in [0, 0.1) is 6.92 Å². The van der Waals surface area contributed by atoms with Crippen molar-refractivity contribution in [3.05, 3.63) is 41.6 Å². The summed E-state index contributed by atoms with van der Waals surface area (Å²) in [6, 6.07) is 10.2. The van der Waals surface area contributed by atoms with Crippen molar-refractivity contribution in [3.63, 3.8) is 0 Å². The molecule has 1 aromatic heterocycles. The summed E-state index contributed by atoms with van der Waals surface area (Å²) in [6.07, 6.45) is 0.629. The molecule has 0 saturated carbocycles. The van der Waals surface area contributed by atoms with Crippen molar-refractivity contribution in [1.82, 2.24) is 4.98 Å². The number of hydrogen-bond donors (Lipinski definition) is 1. The zero-order valence-corrected chi connectivity index (χ0v) is 8.20. The number of para-hydroxylation sites is 1. The first-order valence-corrected chi connectivity index (χ1v) is 4.77. The van der Waals surface area contributed by atoms with Gasteiger partial charge in [-0.1, -0.05) is 24.3 Å². The maximum absolute atomic E-state index is 8.82. The molecule has 1 N–H and O–H groups in total. The summed E-state index contributed by atoms with van der Waals surface area (Å²) in [5, 5.41) is 9.98. The van der Waals surface area contributed by atoms with Crippen LogP contribution >= 0.6 is 0 Å². The lowest BCUT2D eigenvalue weighted by atomic mass is 10.1. The van der Waals surface area contributed by atoms with Gasteiger partial charge in [0.05, 0.1) is 5.52 Å². The van der Waals surface area contributed by atoms with Crippen LogP contribution in [0.15, 0.2) is 30.3 Å². The van der Waals surface area contributed by atoms with Crippen LogP contribution in [0.25, 0.3) is 10.9 Å². The highest BCUT2D eigenvalue weighted by atomic mass is 16.3. The number of aliphatic hydroxyl groups is 1. The number of pyridine rings is 1. The minimum atomic E-state index is 0.157. The van der Waals surface area contributed by atoms with Gasteiger partial charge in [-0.05, 0) is 18.6 Å². The van der Waals surface area contributed by atoms with Crippen molar-refractivity contribution >= 4 is 10.9 Å². The second-order valence-corrected chi connectivity index (χ2v) is 3.42. The second-order valence-electron chi connectivity index (χ2n) is 3.42. The van der Waals surface area contributed by atoms with Crippen LogP contribution in [0.2, 0.25) is 0 Å². The zero-order chi connectivity index (χ0) is 9.97. The first-order valence-electron chi connectivity index (χ1n) is 4.77. The van der Waals surface area contributed by atoms with Gasteiger partial charge in [0.25, 0.3) is 0 Å². The number of nitrogens with zero attached hydrogens (tertiary/aromatic N) is 1. The van der Waals surface area contributed by atoms with E-state index < -0.39 is 0 Å². The highest BCUT2D eigenvalue weighted by Gasteiger charge is 1.99. The number of aromatic nitrogens is 1. The largest absolute Gasteiger partial charge is 0.396 e. The molecule has 0 aliphatic carbocycles. The Morgan fingerprint density at radius 1 is 1.21 bits per heavy atom. The fraction of sp³-hybridized carbons (Fsp3) is 0.250. The number of rotatable bonds is 2. The van der Waals surface area contributed by atoms with Crippen molar-refractivity contribution in [2.45, 2.75) is 13.3 Å². The van der Waals surface area contributed by atoms with Gasteiger partial charge < -0.3 is 5.11 Å². The SMILES string of the molecule is Cc1cccc2ccc(CCO)nc12. The fourth-order valence-electron chi connectivity index (χ4n) is 1.59. The average Bonchev–Trinajstić information content (AvgIpc) is 2.20. The molecule has 72 valence electrons. The molecule has 0 aliphatic rings. The number of fused-ring (bicyclic) bond motifs is 1. The number of hydrogen-bond acceptors (Lipinski definition) is 2. The first kappa shape index (κ1) is 9.16. The molecule has 0 atom stereocenters. The number of benzene rings is 1. The summed E-state index contributed by atoms with van der Waals surface area (Å²) >= 11 is 0. The third-order valence-corrected chi connectivity index (χ3v) is 2.35. The van der Waals surface area contributed by atoms with E-state index in [9.17, 15) is 0 Å². The smallest absolute Gasteiger partial charge is 0.0734 e. The van der Waals surface area contributed by atoms with E-state index in [0.717, 1.165) is 16.6 Å². The van der Waals surface area contributed by atoms with Crippen LogP contribution in [-0.2, 0) is 6.42 Å². The maximum Gasteiger partial charge on any atom is 0.0734 e.